The van der Waals surface area contributed by atoms with Gasteiger partial charge >= 0.3 is 0 Å². The van der Waals surface area contributed by atoms with E-state index in [9.17, 15) is 5.11 Å². The molecular formula is C19H25N3O. The van der Waals surface area contributed by atoms with Gasteiger partial charge in [-0.15, -0.1) is 0 Å². The molecule has 23 heavy (non-hydrogen) atoms. The molecule has 0 radical (unpaired) electrons. The SMILES string of the molecule is CC(C)=CCN1CCn2nc([C@H](O)Cc3ccccc3)cc2C1. The molecule has 4 nitrogen and oxygen atoms in total. The first-order valence-corrected chi connectivity index (χ1v) is 8.26. The Bertz CT molecular complexity index is 671. The molecule has 2 aromatic rings. The van der Waals surface area contributed by atoms with Crippen LogP contribution < -0.4 is 0 Å². The summed E-state index contributed by atoms with van der Waals surface area (Å²) < 4.78 is 2.04. The summed E-state index contributed by atoms with van der Waals surface area (Å²) in [5, 5.41) is 15.1. The van der Waals surface area contributed by atoms with Crippen LogP contribution in [0.5, 0.6) is 0 Å². The maximum absolute atomic E-state index is 10.5. The van der Waals surface area contributed by atoms with Crippen LogP contribution >= 0.6 is 0 Å². The average molecular weight is 311 g/mol. The number of benzene rings is 1. The number of nitrogens with zero attached hydrogens (tertiary/aromatic N) is 3. The number of aliphatic hydroxyl groups excluding tert-OH is 1. The second kappa shape index (κ2) is 7.11. The van der Waals surface area contributed by atoms with E-state index in [1.165, 1.54) is 11.3 Å². The van der Waals surface area contributed by atoms with E-state index >= 15 is 0 Å². The maximum atomic E-state index is 10.5. The first kappa shape index (κ1) is 16.0. The van der Waals surface area contributed by atoms with Crippen LogP contribution in [0, 0.1) is 0 Å². The Hall–Kier alpha value is -1.91. The zero-order chi connectivity index (χ0) is 16.2. The van der Waals surface area contributed by atoms with E-state index in [2.05, 4.69) is 36.0 Å². The van der Waals surface area contributed by atoms with Crippen molar-refractivity contribution >= 4 is 0 Å². The lowest BCUT2D eigenvalue weighted by Crippen LogP contribution is -2.33. The minimum absolute atomic E-state index is 0.540. The molecule has 1 atom stereocenters. The van der Waals surface area contributed by atoms with Gasteiger partial charge in [0.2, 0.25) is 0 Å². The van der Waals surface area contributed by atoms with Crippen LogP contribution in [0.2, 0.25) is 0 Å². The highest BCUT2D eigenvalue weighted by Crippen LogP contribution is 2.21. The lowest BCUT2D eigenvalue weighted by molar-refractivity contribution is 0.171. The second-order valence-corrected chi connectivity index (χ2v) is 6.51. The summed E-state index contributed by atoms with van der Waals surface area (Å²) in [7, 11) is 0. The third-order valence-electron chi connectivity index (χ3n) is 4.27. The molecule has 1 aliphatic rings. The van der Waals surface area contributed by atoms with Gasteiger partial charge in [0, 0.05) is 26.1 Å². The maximum Gasteiger partial charge on any atom is 0.102 e. The Morgan fingerprint density at radius 3 is 2.78 bits per heavy atom. The first-order chi connectivity index (χ1) is 11.1. The van der Waals surface area contributed by atoms with Crippen molar-refractivity contribution < 1.29 is 5.11 Å². The van der Waals surface area contributed by atoms with E-state index in [0.29, 0.717) is 6.42 Å². The van der Waals surface area contributed by atoms with Crippen molar-refractivity contribution in [2.45, 2.75) is 39.5 Å². The number of hydrogen-bond acceptors (Lipinski definition) is 3. The predicted octanol–water partition coefficient (Wildman–Crippen LogP) is 2.94. The van der Waals surface area contributed by atoms with Crippen LogP contribution in [0.25, 0.3) is 0 Å². The Balaban J connectivity index is 1.67. The zero-order valence-corrected chi connectivity index (χ0v) is 13.9. The molecule has 2 heterocycles. The van der Waals surface area contributed by atoms with Gasteiger partial charge in [-0.1, -0.05) is 42.0 Å². The highest BCUT2D eigenvalue weighted by molar-refractivity contribution is 5.20. The third kappa shape index (κ3) is 4.09. The first-order valence-electron chi connectivity index (χ1n) is 8.26. The zero-order valence-electron chi connectivity index (χ0n) is 13.9. The molecule has 0 unspecified atom stereocenters. The molecular weight excluding hydrogens is 286 g/mol. The van der Waals surface area contributed by atoms with Gasteiger partial charge < -0.3 is 5.11 Å². The van der Waals surface area contributed by atoms with Crippen molar-refractivity contribution in [3.05, 3.63) is 65.0 Å². The molecule has 4 heteroatoms. The van der Waals surface area contributed by atoms with E-state index in [4.69, 9.17) is 0 Å². The third-order valence-corrected chi connectivity index (χ3v) is 4.27. The van der Waals surface area contributed by atoms with E-state index in [-0.39, 0.29) is 0 Å². The lowest BCUT2D eigenvalue weighted by atomic mass is 10.1. The number of aromatic nitrogens is 2. The van der Waals surface area contributed by atoms with Crippen molar-refractivity contribution in [1.29, 1.82) is 0 Å². The van der Waals surface area contributed by atoms with Crippen LogP contribution in [0.15, 0.2) is 48.0 Å². The van der Waals surface area contributed by atoms with Crippen LogP contribution in [-0.4, -0.2) is 32.9 Å². The Morgan fingerprint density at radius 2 is 2.04 bits per heavy atom. The largest absolute Gasteiger partial charge is 0.386 e. The predicted molar refractivity (Wildman–Crippen MR) is 92.0 cm³/mol. The number of allylic oxidation sites excluding steroid dienone is 1. The Labute approximate surface area is 138 Å². The van der Waals surface area contributed by atoms with E-state index < -0.39 is 6.10 Å². The quantitative estimate of drug-likeness (QED) is 0.863. The molecule has 0 spiro atoms. The van der Waals surface area contributed by atoms with Crippen LogP contribution in [0.3, 0.4) is 0 Å². The van der Waals surface area contributed by atoms with E-state index in [1.54, 1.807) is 0 Å². The smallest absolute Gasteiger partial charge is 0.102 e. The summed E-state index contributed by atoms with van der Waals surface area (Å²) in [5.74, 6) is 0. The van der Waals surface area contributed by atoms with Crippen LogP contribution in [0.1, 0.15) is 36.9 Å². The summed E-state index contributed by atoms with van der Waals surface area (Å²) in [5.41, 5.74) is 4.47. The second-order valence-electron chi connectivity index (χ2n) is 6.51. The molecule has 0 fully saturated rings. The average Bonchev–Trinajstić information content (AvgIpc) is 2.97. The molecule has 0 amide bonds. The molecule has 122 valence electrons. The van der Waals surface area contributed by atoms with Crippen LogP contribution in [0.4, 0.5) is 0 Å². The fraction of sp³-hybridized carbons (Fsp3) is 0.421. The Kier molecular flexibility index (Phi) is 4.94. The van der Waals surface area contributed by atoms with Gasteiger partial charge in [0.15, 0.2) is 0 Å². The van der Waals surface area contributed by atoms with Crippen LogP contribution in [-0.2, 0) is 19.5 Å². The van der Waals surface area contributed by atoms with Crippen molar-refractivity contribution in [1.82, 2.24) is 14.7 Å². The molecule has 1 N–H and O–H groups in total. The molecule has 0 saturated heterocycles. The molecule has 0 aliphatic carbocycles. The number of rotatable bonds is 5. The van der Waals surface area contributed by atoms with Gasteiger partial charge in [0.1, 0.15) is 6.10 Å². The van der Waals surface area contributed by atoms with Crippen molar-refractivity contribution in [2.24, 2.45) is 0 Å². The fourth-order valence-corrected chi connectivity index (χ4v) is 2.92. The van der Waals surface area contributed by atoms with E-state index in [0.717, 1.165) is 37.4 Å². The number of hydrogen-bond donors (Lipinski definition) is 1. The summed E-state index contributed by atoms with van der Waals surface area (Å²) in [6, 6.07) is 12.1. The van der Waals surface area contributed by atoms with Gasteiger partial charge in [-0.25, -0.2) is 0 Å². The topological polar surface area (TPSA) is 41.3 Å². The molecule has 1 aliphatic heterocycles. The monoisotopic (exact) mass is 311 g/mol. The summed E-state index contributed by atoms with van der Waals surface area (Å²) in [4.78, 5) is 2.41. The van der Waals surface area contributed by atoms with E-state index in [1.807, 2.05) is 35.0 Å². The molecule has 1 aromatic heterocycles. The fourth-order valence-electron chi connectivity index (χ4n) is 2.92. The summed E-state index contributed by atoms with van der Waals surface area (Å²) in [6.07, 6.45) is 2.33. The van der Waals surface area contributed by atoms with Gasteiger partial charge in [0.25, 0.3) is 0 Å². The standard InChI is InChI=1S/C19H25N3O/c1-15(2)8-9-21-10-11-22-17(14-21)13-18(20-22)19(23)12-16-6-4-3-5-7-16/h3-8,13,19,23H,9-12,14H2,1-2H3/t19-/m1/s1. The number of fused-ring (bicyclic) bond motifs is 1. The molecule has 0 bridgehead atoms. The van der Waals surface area contributed by atoms with Crippen molar-refractivity contribution in [2.75, 3.05) is 13.1 Å². The highest BCUT2D eigenvalue weighted by atomic mass is 16.3. The van der Waals surface area contributed by atoms with Gasteiger partial charge in [-0.05, 0) is 25.5 Å². The minimum Gasteiger partial charge on any atom is -0.386 e. The lowest BCUT2D eigenvalue weighted by Gasteiger charge is -2.26. The molecule has 0 saturated carbocycles. The van der Waals surface area contributed by atoms with Gasteiger partial charge in [0.05, 0.1) is 17.9 Å². The summed E-state index contributed by atoms with van der Waals surface area (Å²) in [6.45, 7) is 8.04. The highest BCUT2D eigenvalue weighted by Gasteiger charge is 2.20. The van der Waals surface area contributed by atoms with Gasteiger partial charge in [-0.3, -0.25) is 9.58 Å². The number of aliphatic hydroxyl groups is 1. The van der Waals surface area contributed by atoms with Crippen molar-refractivity contribution in [3.8, 4) is 0 Å². The Morgan fingerprint density at radius 1 is 1.26 bits per heavy atom. The normalized spacial score (nSPS) is 16.0. The van der Waals surface area contributed by atoms with Gasteiger partial charge in [-0.2, -0.15) is 5.10 Å². The molecule has 1 aromatic carbocycles. The molecule has 3 rings (SSSR count). The van der Waals surface area contributed by atoms with Crippen molar-refractivity contribution in [3.63, 3.8) is 0 Å². The summed E-state index contributed by atoms with van der Waals surface area (Å²) >= 11 is 0. The minimum atomic E-state index is -0.540.